The van der Waals surface area contributed by atoms with Crippen LogP contribution in [0.1, 0.15) is 5.56 Å². The summed E-state index contributed by atoms with van der Waals surface area (Å²) in [7, 11) is 0. The summed E-state index contributed by atoms with van der Waals surface area (Å²) in [5, 5.41) is 14.2. The number of nitriles is 1. The van der Waals surface area contributed by atoms with Crippen molar-refractivity contribution >= 4 is 43.6 Å². The third-order valence-corrected chi connectivity index (χ3v) is 12.2. The zero-order valence-electron chi connectivity index (χ0n) is 34.5. The Bertz CT molecular complexity index is 3710. The second kappa shape index (κ2) is 15.2. The number of rotatable bonds is 7. The lowest BCUT2D eigenvalue weighted by molar-refractivity contribution is 1.06. The Balaban J connectivity index is 1.18. The largest absolute Gasteiger partial charge is 0.309 e. The van der Waals surface area contributed by atoms with E-state index < -0.39 is 0 Å². The van der Waals surface area contributed by atoms with Crippen LogP contribution in [0.2, 0.25) is 0 Å². The molecule has 3 heterocycles. The van der Waals surface area contributed by atoms with Gasteiger partial charge in [-0.05, 0) is 71.3 Å². The summed E-state index contributed by atoms with van der Waals surface area (Å²) in [5.74, 6) is 1.75. The number of nitrogens with zero attached hydrogens (tertiary/aromatic N) is 6. The zero-order chi connectivity index (χ0) is 42.6. The van der Waals surface area contributed by atoms with E-state index in [9.17, 15) is 5.26 Å². The lowest BCUT2D eigenvalue weighted by atomic mass is 9.98. The highest BCUT2D eigenvalue weighted by molar-refractivity contribution is 6.14. The van der Waals surface area contributed by atoms with E-state index in [1.54, 1.807) is 0 Å². The Hall–Kier alpha value is -8.92. The van der Waals surface area contributed by atoms with Gasteiger partial charge in [-0.2, -0.15) is 5.26 Å². The lowest BCUT2D eigenvalue weighted by Crippen LogP contribution is -2.04. The topological polar surface area (TPSA) is 72.3 Å². The fourth-order valence-electron chi connectivity index (χ4n) is 9.25. The minimum Gasteiger partial charge on any atom is -0.309 e. The van der Waals surface area contributed by atoms with Crippen molar-refractivity contribution in [3.05, 3.63) is 224 Å². The number of para-hydroxylation sites is 4. The van der Waals surface area contributed by atoms with Gasteiger partial charge >= 0.3 is 0 Å². The molecule has 6 heteroatoms. The number of benzene rings is 9. The Kier molecular flexibility index (Phi) is 8.77. The van der Waals surface area contributed by atoms with Crippen molar-refractivity contribution in [3.8, 4) is 73.9 Å². The molecule has 0 N–H and O–H groups in total. The van der Waals surface area contributed by atoms with Crippen molar-refractivity contribution in [2.75, 3.05) is 0 Å². The van der Waals surface area contributed by atoms with Crippen molar-refractivity contribution in [1.29, 1.82) is 5.26 Å². The number of fused-ring (bicyclic) bond motifs is 6. The van der Waals surface area contributed by atoms with Crippen molar-refractivity contribution in [3.63, 3.8) is 0 Å². The molecule has 12 aromatic rings. The van der Waals surface area contributed by atoms with Crippen LogP contribution in [0.15, 0.2) is 218 Å². The van der Waals surface area contributed by atoms with Gasteiger partial charge in [0.05, 0.1) is 39.4 Å². The normalized spacial score (nSPS) is 11.4. The van der Waals surface area contributed by atoms with E-state index in [1.807, 2.05) is 84.9 Å². The van der Waals surface area contributed by atoms with Crippen LogP contribution in [-0.4, -0.2) is 24.1 Å². The van der Waals surface area contributed by atoms with Gasteiger partial charge in [-0.15, -0.1) is 0 Å². The highest BCUT2D eigenvalue weighted by Crippen LogP contribution is 2.42. The van der Waals surface area contributed by atoms with Gasteiger partial charge in [0.2, 0.25) is 0 Å². The molecular weight excluding hydrogens is 781 g/mol. The van der Waals surface area contributed by atoms with Gasteiger partial charge in [-0.25, -0.2) is 15.0 Å². The maximum absolute atomic E-state index is 9.54. The maximum Gasteiger partial charge on any atom is 0.166 e. The lowest BCUT2D eigenvalue weighted by Gasteiger charge is -2.17. The number of aromatic nitrogens is 5. The van der Waals surface area contributed by atoms with Crippen molar-refractivity contribution < 1.29 is 0 Å². The molecule has 12 rings (SSSR count). The van der Waals surface area contributed by atoms with Crippen molar-refractivity contribution in [2.45, 2.75) is 0 Å². The van der Waals surface area contributed by atoms with Gasteiger partial charge in [0.1, 0.15) is 0 Å². The highest BCUT2D eigenvalue weighted by atomic mass is 15.1. The molecule has 0 radical (unpaired) electrons. The standard InChI is InChI=1S/C58H36N6/c59-37-38-27-29-39(30-28-38)42-31-33-48-46-21-10-13-26-52(46)64(54(48)36-42)53-34-32-43(45-23-14-24-49-47-22-11-12-25-51(47)63(55(45)49)44-19-8-3-9-20-44)35-50(53)58-61-56(40-15-4-1-5-16-40)60-57(62-58)41-17-6-2-7-18-41/h1-36H. The second-order valence-electron chi connectivity index (χ2n) is 15.9. The second-order valence-corrected chi connectivity index (χ2v) is 15.9. The maximum atomic E-state index is 9.54. The molecular formula is C58H36N6. The Labute approximate surface area is 369 Å². The average molecular weight is 817 g/mol. The molecule has 6 nitrogen and oxygen atoms in total. The van der Waals surface area contributed by atoms with Crippen LogP contribution in [-0.2, 0) is 0 Å². The van der Waals surface area contributed by atoms with Gasteiger partial charge < -0.3 is 9.13 Å². The molecule has 0 aliphatic rings. The predicted octanol–water partition coefficient (Wildman–Crippen LogP) is 14.3. The predicted molar refractivity (Wildman–Crippen MR) is 260 cm³/mol. The van der Waals surface area contributed by atoms with Gasteiger partial charge in [-0.1, -0.05) is 164 Å². The average Bonchev–Trinajstić information content (AvgIpc) is 3.89. The molecule has 3 aromatic heterocycles. The SMILES string of the molecule is N#Cc1ccc(-c2ccc3c4ccccc4n(-c4ccc(-c5cccc6c7ccccc7n(-c7ccccc7)c56)cc4-c4nc(-c5ccccc5)nc(-c5ccccc5)n4)c3c2)cc1. The Morgan fingerprint density at radius 2 is 0.875 bits per heavy atom. The molecule has 0 amide bonds. The van der Waals surface area contributed by atoms with Gasteiger partial charge in [0.15, 0.2) is 17.5 Å². The summed E-state index contributed by atoms with van der Waals surface area (Å²) in [5.41, 5.74) is 13.9. The minimum atomic E-state index is 0.564. The summed E-state index contributed by atoms with van der Waals surface area (Å²) >= 11 is 0. The van der Waals surface area contributed by atoms with E-state index in [-0.39, 0.29) is 0 Å². The molecule has 0 saturated heterocycles. The Morgan fingerprint density at radius 3 is 1.55 bits per heavy atom. The minimum absolute atomic E-state index is 0.564. The number of hydrogen-bond acceptors (Lipinski definition) is 4. The van der Waals surface area contributed by atoms with Gasteiger partial charge in [0, 0.05) is 49.5 Å². The van der Waals surface area contributed by atoms with Crippen LogP contribution in [0.3, 0.4) is 0 Å². The van der Waals surface area contributed by atoms with E-state index >= 15 is 0 Å². The molecule has 0 unspecified atom stereocenters. The first-order valence-electron chi connectivity index (χ1n) is 21.3. The van der Waals surface area contributed by atoms with Crippen molar-refractivity contribution in [1.82, 2.24) is 24.1 Å². The van der Waals surface area contributed by atoms with Crippen LogP contribution < -0.4 is 0 Å². The van der Waals surface area contributed by atoms with Crippen LogP contribution in [0.25, 0.3) is 111 Å². The first-order chi connectivity index (χ1) is 31.7. The third kappa shape index (κ3) is 6.14. The summed E-state index contributed by atoms with van der Waals surface area (Å²) in [6.07, 6.45) is 0. The van der Waals surface area contributed by atoms with E-state index in [0.29, 0.717) is 23.0 Å². The van der Waals surface area contributed by atoms with Crippen LogP contribution in [0.5, 0.6) is 0 Å². The molecule has 9 aromatic carbocycles. The number of hydrogen-bond donors (Lipinski definition) is 0. The fourth-order valence-corrected chi connectivity index (χ4v) is 9.25. The molecule has 298 valence electrons. The molecule has 0 saturated carbocycles. The smallest absolute Gasteiger partial charge is 0.166 e. The quantitative estimate of drug-likeness (QED) is 0.161. The molecule has 0 fully saturated rings. The molecule has 64 heavy (non-hydrogen) atoms. The summed E-state index contributed by atoms with van der Waals surface area (Å²) in [6.45, 7) is 0. The van der Waals surface area contributed by atoms with Gasteiger partial charge in [-0.3, -0.25) is 0 Å². The molecule has 0 bridgehead atoms. The first-order valence-corrected chi connectivity index (χ1v) is 21.3. The fraction of sp³-hybridized carbons (Fsp3) is 0. The molecule has 0 atom stereocenters. The first kappa shape index (κ1) is 36.9. The molecule has 0 spiro atoms. The van der Waals surface area contributed by atoms with Gasteiger partial charge in [0.25, 0.3) is 0 Å². The van der Waals surface area contributed by atoms with E-state index in [0.717, 1.165) is 83.2 Å². The van der Waals surface area contributed by atoms with Crippen molar-refractivity contribution in [2.24, 2.45) is 0 Å². The Morgan fingerprint density at radius 1 is 0.344 bits per heavy atom. The highest BCUT2D eigenvalue weighted by Gasteiger charge is 2.23. The van der Waals surface area contributed by atoms with Crippen LogP contribution in [0, 0.1) is 11.3 Å². The summed E-state index contributed by atoms with van der Waals surface area (Å²) < 4.78 is 4.74. The summed E-state index contributed by atoms with van der Waals surface area (Å²) in [4.78, 5) is 15.8. The van der Waals surface area contributed by atoms with Crippen LogP contribution in [0.4, 0.5) is 0 Å². The summed E-state index contributed by atoms with van der Waals surface area (Å²) in [6, 6.07) is 78.1. The van der Waals surface area contributed by atoms with E-state index in [4.69, 9.17) is 15.0 Å². The van der Waals surface area contributed by atoms with Crippen LogP contribution >= 0.6 is 0 Å². The third-order valence-electron chi connectivity index (χ3n) is 12.2. The zero-order valence-corrected chi connectivity index (χ0v) is 34.5. The molecule has 0 aliphatic carbocycles. The monoisotopic (exact) mass is 816 g/mol. The van der Waals surface area contributed by atoms with E-state index in [1.165, 1.54) is 10.8 Å². The van der Waals surface area contributed by atoms with E-state index in [2.05, 4.69) is 149 Å². The molecule has 0 aliphatic heterocycles.